The first-order valence-corrected chi connectivity index (χ1v) is 12.0. The SMILES string of the molecule is CNNC1=C(N)CN(C(=O)Cc2nnc(-c3cnc4c(c3)ncn4C3Cc4ccccc4C3)o2)CC1. The Hall–Kier alpha value is -4.25. The van der Waals surface area contributed by atoms with Crippen molar-refractivity contribution in [2.75, 3.05) is 20.1 Å². The minimum Gasteiger partial charge on any atom is -0.420 e. The second kappa shape index (κ2) is 9.08. The van der Waals surface area contributed by atoms with E-state index in [2.05, 4.69) is 59.8 Å². The van der Waals surface area contributed by atoms with Crippen LogP contribution in [0.1, 0.15) is 29.5 Å². The predicted octanol–water partition coefficient (Wildman–Crippen LogP) is 1.49. The van der Waals surface area contributed by atoms with Gasteiger partial charge in [0.2, 0.25) is 17.7 Å². The van der Waals surface area contributed by atoms with E-state index < -0.39 is 0 Å². The molecule has 1 aromatic carbocycles. The van der Waals surface area contributed by atoms with Crippen LogP contribution in [-0.2, 0) is 24.1 Å². The topological polar surface area (TPSA) is 140 Å². The number of fused-ring (bicyclic) bond motifs is 2. The lowest BCUT2D eigenvalue weighted by molar-refractivity contribution is -0.130. The summed E-state index contributed by atoms with van der Waals surface area (Å²) in [5.41, 5.74) is 18.5. The van der Waals surface area contributed by atoms with E-state index in [0.29, 0.717) is 42.7 Å². The van der Waals surface area contributed by atoms with Crippen molar-refractivity contribution in [1.82, 2.24) is 40.5 Å². The molecule has 0 bridgehead atoms. The first-order chi connectivity index (χ1) is 17.6. The zero-order chi connectivity index (χ0) is 24.6. The minimum atomic E-state index is -0.110. The summed E-state index contributed by atoms with van der Waals surface area (Å²) in [6.07, 6.45) is 6.18. The van der Waals surface area contributed by atoms with Gasteiger partial charge in [-0.25, -0.2) is 15.4 Å². The lowest BCUT2D eigenvalue weighted by Crippen LogP contribution is -2.43. The van der Waals surface area contributed by atoms with E-state index in [9.17, 15) is 4.79 Å². The molecule has 0 saturated carbocycles. The van der Waals surface area contributed by atoms with E-state index in [1.54, 1.807) is 18.1 Å². The van der Waals surface area contributed by atoms with Crippen LogP contribution < -0.4 is 16.6 Å². The number of nitrogens with one attached hydrogen (secondary N) is 2. The Labute approximate surface area is 207 Å². The largest absolute Gasteiger partial charge is 0.420 e. The van der Waals surface area contributed by atoms with Crippen LogP contribution in [0.2, 0.25) is 0 Å². The number of pyridine rings is 1. The molecule has 184 valence electrons. The van der Waals surface area contributed by atoms with Crippen molar-refractivity contribution < 1.29 is 9.21 Å². The van der Waals surface area contributed by atoms with Crippen LogP contribution >= 0.6 is 0 Å². The van der Waals surface area contributed by atoms with Gasteiger partial charge in [0.15, 0.2) is 5.65 Å². The van der Waals surface area contributed by atoms with Gasteiger partial charge in [-0.1, -0.05) is 24.3 Å². The number of nitrogens with two attached hydrogens (primary N) is 1. The highest BCUT2D eigenvalue weighted by atomic mass is 16.4. The van der Waals surface area contributed by atoms with E-state index in [-0.39, 0.29) is 18.2 Å². The molecule has 0 atom stereocenters. The molecule has 0 saturated heterocycles. The minimum absolute atomic E-state index is 0.0155. The number of aromatic nitrogens is 5. The third-order valence-electron chi connectivity index (χ3n) is 6.86. The van der Waals surface area contributed by atoms with Crippen molar-refractivity contribution >= 4 is 17.1 Å². The monoisotopic (exact) mass is 485 g/mol. The molecule has 3 aromatic heterocycles. The Morgan fingerprint density at radius 3 is 2.75 bits per heavy atom. The molecule has 11 heteroatoms. The van der Waals surface area contributed by atoms with Gasteiger partial charge in [0.25, 0.3) is 0 Å². The van der Waals surface area contributed by atoms with Gasteiger partial charge in [0, 0.05) is 43.6 Å². The predicted molar refractivity (Wildman–Crippen MR) is 132 cm³/mol. The molecule has 36 heavy (non-hydrogen) atoms. The maximum atomic E-state index is 12.8. The molecule has 11 nitrogen and oxygen atoms in total. The summed E-state index contributed by atoms with van der Waals surface area (Å²) in [5, 5.41) is 8.22. The molecule has 1 amide bonds. The molecule has 6 rings (SSSR count). The number of benzene rings is 1. The van der Waals surface area contributed by atoms with Crippen LogP contribution in [-0.4, -0.2) is 55.7 Å². The van der Waals surface area contributed by atoms with Gasteiger partial charge in [-0.3, -0.25) is 4.79 Å². The van der Waals surface area contributed by atoms with E-state index in [1.807, 2.05) is 12.4 Å². The fourth-order valence-corrected chi connectivity index (χ4v) is 5.01. The first kappa shape index (κ1) is 22.2. The van der Waals surface area contributed by atoms with Crippen LogP contribution in [0.15, 0.2) is 58.7 Å². The number of hydrazine groups is 1. The molecule has 0 unspecified atom stereocenters. The summed E-state index contributed by atoms with van der Waals surface area (Å²) in [7, 11) is 1.78. The number of amides is 1. The summed E-state index contributed by atoms with van der Waals surface area (Å²) in [6, 6.07) is 10.7. The average molecular weight is 486 g/mol. The summed E-state index contributed by atoms with van der Waals surface area (Å²) < 4.78 is 7.95. The molecule has 0 radical (unpaired) electrons. The number of imidazole rings is 1. The number of nitrogens with zero attached hydrogens (tertiary/aromatic N) is 6. The van der Waals surface area contributed by atoms with Crippen molar-refractivity contribution in [1.29, 1.82) is 0 Å². The van der Waals surface area contributed by atoms with Gasteiger partial charge in [-0.15, -0.1) is 10.2 Å². The van der Waals surface area contributed by atoms with Crippen LogP contribution in [0.5, 0.6) is 0 Å². The number of carbonyl (C=O) groups is 1. The highest BCUT2D eigenvalue weighted by molar-refractivity contribution is 5.79. The molecule has 1 aliphatic heterocycles. The van der Waals surface area contributed by atoms with Crippen LogP contribution in [0.4, 0.5) is 0 Å². The molecule has 4 N–H and O–H groups in total. The Morgan fingerprint density at radius 2 is 2.00 bits per heavy atom. The lowest BCUT2D eigenvalue weighted by Gasteiger charge is -2.29. The zero-order valence-corrected chi connectivity index (χ0v) is 19.9. The molecule has 0 fully saturated rings. The van der Waals surface area contributed by atoms with Gasteiger partial charge in [0.05, 0.1) is 18.4 Å². The molecule has 4 heterocycles. The Kier molecular flexibility index (Phi) is 5.61. The van der Waals surface area contributed by atoms with Gasteiger partial charge in [-0.2, -0.15) is 0 Å². The van der Waals surface area contributed by atoms with Crippen molar-refractivity contribution in [3.63, 3.8) is 0 Å². The summed E-state index contributed by atoms with van der Waals surface area (Å²) in [6.45, 7) is 0.930. The van der Waals surface area contributed by atoms with Gasteiger partial charge < -0.3 is 25.0 Å². The van der Waals surface area contributed by atoms with Crippen LogP contribution in [0.25, 0.3) is 22.6 Å². The average Bonchev–Trinajstić information content (AvgIpc) is 3.62. The lowest BCUT2D eigenvalue weighted by atomic mass is 10.1. The van der Waals surface area contributed by atoms with Crippen molar-refractivity contribution in [2.24, 2.45) is 5.73 Å². The highest BCUT2D eigenvalue weighted by Gasteiger charge is 2.25. The fourth-order valence-electron chi connectivity index (χ4n) is 5.01. The normalized spacial score (nSPS) is 16.1. The zero-order valence-electron chi connectivity index (χ0n) is 19.9. The Bertz CT molecular complexity index is 1450. The molecule has 4 aromatic rings. The van der Waals surface area contributed by atoms with E-state index in [4.69, 9.17) is 10.2 Å². The fraction of sp³-hybridized carbons (Fsp3) is 0.320. The Balaban J connectivity index is 1.15. The van der Waals surface area contributed by atoms with Gasteiger partial charge in [-0.05, 0) is 30.0 Å². The quantitative estimate of drug-likeness (QED) is 0.347. The van der Waals surface area contributed by atoms with Crippen molar-refractivity contribution in [3.8, 4) is 11.5 Å². The number of hydrogen-bond acceptors (Lipinski definition) is 9. The molecule has 2 aliphatic rings. The maximum absolute atomic E-state index is 12.8. The van der Waals surface area contributed by atoms with Crippen molar-refractivity contribution in [2.45, 2.75) is 31.7 Å². The highest BCUT2D eigenvalue weighted by Crippen LogP contribution is 2.32. The van der Waals surface area contributed by atoms with E-state index in [1.165, 1.54) is 11.1 Å². The second-order valence-electron chi connectivity index (χ2n) is 9.17. The second-order valence-corrected chi connectivity index (χ2v) is 9.17. The number of rotatable bonds is 6. The number of carbonyl (C=O) groups excluding carboxylic acids is 1. The molecule has 1 aliphatic carbocycles. The molecular formula is C25H27N9O2. The molecule has 0 spiro atoms. The standard InChI is InChI=1S/C25H27N9O2/c1-27-30-20-6-7-33(13-19(20)26)23(35)11-22-31-32-25(36-22)17-10-21-24(28-12-17)34(14-29-21)18-8-15-4-2-3-5-16(15)9-18/h2-5,10,12,14,18,27,30H,6-9,11,13,26H2,1H3. The smallest absolute Gasteiger partial charge is 0.249 e. The van der Waals surface area contributed by atoms with E-state index >= 15 is 0 Å². The van der Waals surface area contributed by atoms with Crippen LogP contribution in [0.3, 0.4) is 0 Å². The van der Waals surface area contributed by atoms with Gasteiger partial charge >= 0.3 is 0 Å². The van der Waals surface area contributed by atoms with Crippen molar-refractivity contribution in [3.05, 3.63) is 71.3 Å². The first-order valence-electron chi connectivity index (χ1n) is 12.0. The molecular weight excluding hydrogens is 458 g/mol. The number of hydrogen-bond donors (Lipinski definition) is 3. The van der Waals surface area contributed by atoms with Crippen LogP contribution in [0, 0.1) is 0 Å². The summed E-state index contributed by atoms with van der Waals surface area (Å²) in [5.74, 6) is 0.459. The third kappa shape index (κ3) is 4.07. The third-order valence-corrected chi connectivity index (χ3v) is 6.86. The summed E-state index contributed by atoms with van der Waals surface area (Å²) in [4.78, 5) is 23.7. The Morgan fingerprint density at radius 1 is 1.19 bits per heavy atom. The van der Waals surface area contributed by atoms with E-state index in [0.717, 1.165) is 29.7 Å². The summed E-state index contributed by atoms with van der Waals surface area (Å²) >= 11 is 0. The maximum Gasteiger partial charge on any atom is 0.249 e. The van der Waals surface area contributed by atoms with Gasteiger partial charge in [0.1, 0.15) is 11.9 Å².